The normalized spacial score (nSPS) is 12.3. The van der Waals surface area contributed by atoms with Gasteiger partial charge in [0.25, 0.3) is 0 Å². The van der Waals surface area contributed by atoms with E-state index in [1.807, 2.05) is 0 Å². The second-order valence-corrected chi connectivity index (χ2v) is 14.6. The maximum atomic E-state index is 2.51. The molecule has 5 aromatic rings. The summed E-state index contributed by atoms with van der Waals surface area (Å²) in [5.74, 6) is 0. The summed E-state index contributed by atoms with van der Waals surface area (Å²) in [5.41, 5.74) is 3.25. The molecule has 0 aliphatic carbocycles. The molecule has 0 saturated carbocycles. The molecular formula is C20H16Se2Te. The van der Waals surface area contributed by atoms with Gasteiger partial charge in [-0.05, 0) is 0 Å². The third-order valence-corrected chi connectivity index (χ3v) is 13.9. The van der Waals surface area contributed by atoms with Crippen LogP contribution < -0.4 is 0 Å². The summed E-state index contributed by atoms with van der Waals surface area (Å²) in [5, 5.41) is 6.15. The van der Waals surface area contributed by atoms with Crippen molar-refractivity contribution in [1.29, 1.82) is 0 Å². The molecule has 0 N–H and O–H groups in total. The van der Waals surface area contributed by atoms with Crippen LogP contribution in [0.5, 0.6) is 0 Å². The van der Waals surface area contributed by atoms with E-state index in [2.05, 4.69) is 52.0 Å². The van der Waals surface area contributed by atoms with Gasteiger partial charge in [-0.25, -0.2) is 0 Å². The molecule has 0 aliphatic rings. The summed E-state index contributed by atoms with van der Waals surface area (Å²) >= 11 is 0.909. The van der Waals surface area contributed by atoms with Crippen molar-refractivity contribution < 1.29 is 0 Å². The summed E-state index contributed by atoms with van der Waals surface area (Å²) in [7, 11) is 0. The number of benzene rings is 2. The zero-order chi connectivity index (χ0) is 15.9. The Morgan fingerprint density at radius 3 is 1.52 bits per heavy atom. The van der Waals surface area contributed by atoms with Gasteiger partial charge in [-0.15, -0.1) is 0 Å². The first-order valence-corrected chi connectivity index (χ1v) is 13.5. The molecular weight excluding hydrogens is 526 g/mol. The van der Waals surface area contributed by atoms with Gasteiger partial charge in [0.15, 0.2) is 0 Å². The molecule has 0 fully saturated rings. The third-order valence-electron chi connectivity index (χ3n) is 4.71. The van der Waals surface area contributed by atoms with E-state index < -0.39 is 0 Å². The molecule has 0 radical (unpaired) electrons. The Balaban J connectivity index is 2.05. The zero-order valence-corrected chi connectivity index (χ0v) is 19.3. The Hall–Kier alpha value is -0.251. The molecule has 3 heterocycles. The van der Waals surface area contributed by atoms with Gasteiger partial charge in [-0.1, -0.05) is 0 Å². The molecule has 0 saturated heterocycles. The van der Waals surface area contributed by atoms with E-state index in [1.54, 1.807) is 46.1 Å². The van der Waals surface area contributed by atoms with Crippen LogP contribution in [0.2, 0.25) is 0 Å². The molecule has 23 heavy (non-hydrogen) atoms. The van der Waals surface area contributed by atoms with E-state index in [0.29, 0.717) is 29.0 Å². The van der Waals surface area contributed by atoms with Crippen LogP contribution in [-0.4, -0.2) is 49.4 Å². The molecule has 0 atom stereocenters. The standard InChI is InChI=1S/C20H16Se2Te/c1-9-5-13-7-15-16-8-14-6-10(2)22-18(14)12(4)20(16)23-19(15)11(3)17(13)21-9/h5-8H,1-4H3. The monoisotopic (exact) mass is 546 g/mol. The molecule has 114 valence electrons. The molecule has 0 aliphatic heterocycles. The average Bonchev–Trinajstić information content (AvgIpc) is 3.15. The Kier molecular flexibility index (Phi) is 3.35. The number of hydrogen-bond donors (Lipinski definition) is 0. The second-order valence-electron chi connectivity index (χ2n) is 6.41. The van der Waals surface area contributed by atoms with Crippen molar-refractivity contribution in [3.63, 3.8) is 0 Å². The summed E-state index contributed by atoms with van der Waals surface area (Å²) in [6, 6.07) is 9.87. The second kappa shape index (κ2) is 5.12. The third kappa shape index (κ3) is 2.09. The van der Waals surface area contributed by atoms with Crippen LogP contribution in [0.15, 0.2) is 24.3 Å². The number of aryl methyl sites for hydroxylation is 4. The van der Waals surface area contributed by atoms with E-state index >= 15 is 0 Å². The number of rotatable bonds is 0. The van der Waals surface area contributed by atoms with Crippen molar-refractivity contribution in [2.45, 2.75) is 27.7 Å². The summed E-state index contributed by atoms with van der Waals surface area (Å²) in [4.78, 5) is 0. The summed E-state index contributed by atoms with van der Waals surface area (Å²) in [6.07, 6.45) is 0. The predicted octanol–water partition coefficient (Wildman–Crippen LogP) is 4.70. The molecule has 2 aromatic carbocycles. The van der Waals surface area contributed by atoms with Crippen LogP contribution in [0.25, 0.3) is 36.9 Å². The zero-order valence-electron chi connectivity index (χ0n) is 13.5. The number of hydrogen-bond acceptors (Lipinski definition) is 0. The van der Waals surface area contributed by atoms with Crippen LogP contribution in [0.4, 0.5) is 0 Å². The molecule has 3 aromatic heterocycles. The van der Waals surface area contributed by atoms with Crippen molar-refractivity contribution >= 4 is 86.3 Å². The Morgan fingerprint density at radius 2 is 1.09 bits per heavy atom. The van der Waals surface area contributed by atoms with Crippen LogP contribution in [0.1, 0.15) is 20.0 Å². The molecule has 0 spiro atoms. The fourth-order valence-electron chi connectivity index (χ4n) is 3.69. The van der Waals surface area contributed by atoms with Crippen molar-refractivity contribution in [1.82, 2.24) is 0 Å². The summed E-state index contributed by atoms with van der Waals surface area (Å²) < 4.78 is 9.94. The van der Waals surface area contributed by atoms with Gasteiger partial charge in [-0.3, -0.25) is 0 Å². The molecule has 3 heteroatoms. The van der Waals surface area contributed by atoms with Gasteiger partial charge in [0, 0.05) is 0 Å². The molecule has 0 unspecified atom stereocenters. The first-order valence-electron chi connectivity index (χ1n) is 7.78. The van der Waals surface area contributed by atoms with Gasteiger partial charge >= 0.3 is 158 Å². The van der Waals surface area contributed by atoms with Gasteiger partial charge in [0.05, 0.1) is 0 Å². The van der Waals surface area contributed by atoms with Crippen molar-refractivity contribution in [2.75, 3.05) is 0 Å². The van der Waals surface area contributed by atoms with E-state index in [1.165, 1.54) is 10.8 Å². The Morgan fingerprint density at radius 1 is 0.652 bits per heavy atom. The first kappa shape index (κ1) is 15.0. The van der Waals surface area contributed by atoms with Gasteiger partial charge in [0.2, 0.25) is 0 Å². The minimum absolute atomic E-state index is 0.222. The molecule has 0 amide bonds. The topological polar surface area (TPSA) is 0 Å². The van der Waals surface area contributed by atoms with Crippen LogP contribution in [0, 0.1) is 27.7 Å². The van der Waals surface area contributed by atoms with E-state index in [9.17, 15) is 0 Å². The van der Waals surface area contributed by atoms with E-state index in [0.717, 1.165) is 0 Å². The van der Waals surface area contributed by atoms with Crippen molar-refractivity contribution in [3.8, 4) is 0 Å². The summed E-state index contributed by atoms with van der Waals surface area (Å²) in [6.45, 7) is 9.36. The van der Waals surface area contributed by atoms with E-state index in [4.69, 9.17) is 0 Å². The minimum atomic E-state index is -0.222. The van der Waals surface area contributed by atoms with Crippen LogP contribution >= 0.6 is 0 Å². The van der Waals surface area contributed by atoms with Gasteiger partial charge < -0.3 is 0 Å². The molecule has 5 rings (SSSR count). The fourth-order valence-corrected chi connectivity index (χ4v) is 12.4. The maximum absolute atomic E-state index is 2.51. The van der Waals surface area contributed by atoms with Crippen molar-refractivity contribution in [2.24, 2.45) is 0 Å². The van der Waals surface area contributed by atoms with E-state index in [-0.39, 0.29) is 20.4 Å². The van der Waals surface area contributed by atoms with Gasteiger partial charge in [-0.2, -0.15) is 0 Å². The molecule has 0 bridgehead atoms. The van der Waals surface area contributed by atoms with Crippen LogP contribution in [-0.2, 0) is 0 Å². The predicted molar refractivity (Wildman–Crippen MR) is 106 cm³/mol. The van der Waals surface area contributed by atoms with Gasteiger partial charge in [0.1, 0.15) is 0 Å². The first-order chi connectivity index (χ1) is 11.0. The Labute approximate surface area is 157 Å². The number of fused-ring (bicyclic) bond motifs is 5. The SMILES string of the molecule is Cc1cc2cc3c([te]c4c(C)c5[se]c(C)cc5cc43)c(C)c2[se]1. The fraction of sp³-hybridized carbons (Fsp3) is 0.200. The quantitative estimate of drug-likeness (QED) is 0.249. The molecule has 0 nitrogen and oxygen atoms in total. The van der Waals surface area contributed by atoms with Crippen LogP contribution in [0.3, 0.4) is 0 Å². The Bertz CT molecular complexity index is 1150. The van der Waals surface area contributed by atoms with Crippen molar-refractivity contribution in [3.05, 3.63) is 44.3 Å². The average molecular weight is 542 g/mol.